The zero-order valence-electron chi connectivity index (χ0n) is 21.8. The first kappa shape index (κ1) is 26.8. The van der Waals surface area contributed by atoms with Crippen molar-refractivity contribution < 1.29 is 22.1 Å². The lowest BCUT2D eigenvalue weighted by atomic mass is 9.98. The molecule has 2 heterocycles. The highest BCUT2D eigenvalue weighted by molar-refractivity contribution is 7.89. The van der Waals surface area contributed by atoms with Crippen LogP contribution in [0.15, 0.2) is 39.8 Å². The molecule has 3 aromatic rings. The molecule has 1 fully saturated rings. The van der Waals surface area contributed by atoms with E-state index in [1.54, 1.807) is 32.1 Å². The number of carbonyl (C=O) groups is 1. The number of hydrogen-bond donors (Lipinski definition) is 1. The van der Waals surface area contributed by atoms with Crippen LogP contribution in [-0.2, 0) is 14.8 Å². The van der Waals surface area contributed by atoms with Crippen LogP contribution in [0.4, 0.5) is 10.1 Å². The van der Waals surface area contributed by atoms with Crippen molar-refractivity contribution in [1.82, 2.24) is 9.46 Å². The molecular weight excluding hydrogens is 493 g/mol. The summed E-state index contributed by atoms with van der Waals surface area (Å²) in [5, 5.41) is 6.65. The number of benzene rings is 2. The summed E-state index contributed by atoms with van der Waals surface area (Å²) in [5.74, 6) is -1.16. The van der Waals surface area contributed by atoms with Crippen LogP contribution in [0.3, 0.4) is 0 Å². The van der Waals surface area contributed by atoms with E-state index in [9.17, 15) is 17.6 Å². The molecule has 9 heteroatoms. The highest BCUT2D eigenvalue weighted by atomic mass is 32.2. The van der Waals surface area contributed by atoms with Gasteiger partial charge in [-0.1, -0.05) is 35.0 Å². The standard InChI is InChI=1S/C28H32FN3O4S/c1-17-13-19(3)24(20(4)14-17)10-11-26-27(21(5)31-36-26)37(34,35)32-12-6-7-22(16-32)28(33)30-23-9-8-18(2)25(29)15-23/h8-11,13-15,22H,6-7,12,16H2,1-5H3,(H,30,33)/b11-10+/t22-/m0/s1. The number of anilines is 1. The van der Waals surface area contributed by atoms with E-state index >= 15 is 0 Å². The molecule has 1 aliphatic rings. The maximum atomic E-state index is 13.9. The number of nitrogens with one attached hydrogen (secondary N) is 1. The molecule has 2 aromatic carbocycles. The summed E-state index contributed by atoms with van der Waals surface area (Å²) in [5.41, 5.74) is 5.39. The SMILES string of the molecule is Cc1cc(C)c(/C=C/c2onc(C)c2S(=O)(=O)N2CCC[C@H](C(=O)Nc3ccc(C)c(F)c3)C2)c(C)c1. The summed E-state index contributed by atoms with van der Waals surface area (Å²) in [6.07, 6.45) is 4.54. The third-order valence-corrected chi connectivity index (χ3v) is 8.79. The number of nitrogens with zero attached hydrogens (tertiary/aromatic N) is 2. The summed E-state index contributed by atoms with van der Waals surface area (Å²) in [7, 11) is -3.98. The molecule has 4 rings (SSSR count). The Morgan fingerprint density at radius 1 is 1.08 bits per heavy atom. The molecule has 37 heavy (non-hydrogen) atoms. The number of sulfonamides is 1. The fraction of sp³-hybridized carbons (Fsp3) is 0.357. The normalized spacial score (nSPS) is 16.9. The quantitative estimate of drug-likeness (QED) is 0.455. The van der Waals surface area contributed by atoms with Gasteiger partial charge < -0.3 is 9.84 Å². The summed E-state index contributed by atoms with van der Waals surface area (Å²) < 4.78 is 48.0. The minimum Gasteiger partial charge on any atom is -0.355 e. The molecule has 7 nitrogen and oxygen atoms in total. The fourth-order valence-electron chi connectivity index (χ4n) is 4.83. The molecule has 1 N–H and O–H groups in total. The Hall–Kier alpha value is -3.30. The predicted octanol–water partition coefficient (Wildman–Crippen LogP) is 5.57. The molecule has 0 radical (unpaired) electrons. The number of hydrogen-bond acceptors (Lipinski definition) is 5. The van der Waals surface area contributed by atoms with Crippen molar-refractivity contribution >= 4 is 33.8 Å². The van der Waals surface area contributed by atoms with E-state index in [-0.39, 0.29) is 35.3 Å². The van der Waals surface area contributed by atoms with Crippen molar-refractivity contribution in [2.75, 3.05) is 18.4 Å². The Bertz CT molecular complexity index is 1450. The van der Waals surface area contributed by atoms with Crippen LogP contribution in [0.1, 0.15) is 52.1 Å². The van der Waals surface area contributed by atoms with Gasteiger partial charge in [-0.05, 0) is 87.9 Å². The molecule has 0 spiro atoms. The Labute approximate surface area is 217 Å². The van der Waals surface area contributed by atoms with Crippen molar-refractivity contribution in [1.29, 1.82) is 0 Å². The van der Waals surface area contributed by atoms with Gasteiger partial charge in [0.25, 0.3) is 0 Å². The Kier molecular flexibility index (Phi) is 7.66. The van der Waals surface area contributed by atoms with E-state index in [4.69, 9.17) is 4.52 Å². The zero-order valence-corrected chi connectivity index (χ0v) is 22.6. The van der Waals surface area contributed by atoms with Crippen LogP contribution in [0.5, 0.6) is 0 Å². The van der Waals surface area contributed by atoms with Crippen LogP contribution in [0.25, 0.3) is 12.2 Å². The minimum absolute atomic E-state index is 0.00725. The van der Waals surface area contributed by atoms with Gasteiger partial charge in [0.1, 0.15) is 11.5 Å². The van der Waals surface area contributed by atoms with Gasteiger partial charge in [-0.15, -0.1) is 0 Å². The summed E-state index contributed by atoms with van der Waals surface area (Å²) >= 11 is 0. The van der Waals surface area contributed by atoms with Gasteiger partial charge in [-0.25, -0.2) is 12.8 Å². The average molecular weight is 526 g/mol. The molecule has 0 bridgehead atoms. The minimum atomic E-state index is -3.98. The topological polar surface area (TPSA) is 92.5 Å². The third-order valence-electron chi connectivity index (χ3n) is 6.76. The number of amides is 1. The Morgan fingerprint density at radius 2 is 1.78 bits per heavy atom. The highest BCUT2D eigenvalue weighted by Gasteiger charge is 2.37. The number of aromatic nitrogens is 1. The van der Waals surface area contributed by atoms with E-state index in [1.807, 2.05) is 26.8 Å². The molecular formula is C28H32FN3O4S. The number of carbonyl (C=O) groups excluding carboxylic acids is 1. The van der Waals surface area contributed by atoms with Crippen LogP contribution >= 0.6 is 0 Å². The molecule has 1 saturated heterocycles. The van der Waals surface area contributed by atoms with Crippen molar-refractivity contribution in [2.45, 2.75) is 52.4 Å². The van der Waals surface area contributed by atoms with Crippen LogP contribution < -0.4 is 5.32 Å². The lowest BCUT2D eigenvalue weighted by Gasteiger charge is -2.31. The first-order valence-electron chi connectivity index (χ1n) is 12.3. The smallest absolute Gasteiger partial charge is 0.248 e. The number of aryl methyl sites for hydroxylation is 5. The Balaban J connectivity index is 1.56. The van der Waals surface area contributed by atoms with Crippen LogP contribution in [0, 0.1) is 46.4 Å². The highest BCUT2D eigenvalue weighted by Crippen LogP contribution is 2.30. The second kappa shape index (κ2) is 10.6. The van der Waals surface area contributed by atoms with Crippen molar-refractivity contribution in [3.63, 3.8) is 0 Å². The number of rotatable bonds is 6. The van der Waals surface area contributed by atoms with E-state index < -0.39 is 21.8 Å². The van der Waals surface area contributed by atoms with Crippen molar-refractivity contribution in [3.05, 3.63) is 75.4 Å². The summed E-state index contributed by atoms with van der Waals surface area (Å²) in [4.78, 5) is 12.9. The van der Waals surface area contributed by atoms with Gasteiger partial charge >= 0.3 is 0 Å². The first-order valence-corrected chi connectivity index (χ1v) is 13.7. The van der Waals surface area contributed by atoms with Gasteiger partial charge in [-0.2, -0.15) is 4.31 Å². The van der Waals surface area contributed by atoms with Gasteiger partial charge in [-0.3, -0.25) is 4.79 Å². The zero-order chi connectivity index (χ0) is 26.9. The number of halogens is 1. The second-order valence-corrected chi connectivity index (χ2v) is 11.6. The van der Waals surface area contributed by atoms with E-state index in [0.29, 0.717) is 24.1 Å². The van der Waals surface area contributed by atoms with E-state index in [1.165, 1.54) is 10.4 Å². The van der Waals surface area contributed by atoms with Crippen LogP contribution in [0.2, 0.25) is 0 Å². The average Bonchev–Trinajstić information content (AvgIpc) is 3.22. The molecule has 0 saturated carbocycles. The van der Waals surface area contributed by atoms with Crippen LogP contribution in [-0.4, -0.2) is 36.9 Å². The Morgan fingerprint density at radius 3 is 2.46 bits per heavy atom. The molecule has 1 amide bonds. The lowest BCUT2D eigenvalue weighted by molar-refractivity contribution is -0.120. The van der Waals surface area contributed by atoms with Gasteiger partial charge in [0.05, 0.1) is 5.92 Å². The molecule has 1 aliphatic heterocycles. The van der Waals surface area contributed by atoms with E-state index in [2.05, 4.69) is 22.6 Å². The molecule has 196 valence electrons. The third kappa shape index (κ3) is 5.67. The first-order chi connectivity index (χ1) is 17.5. The van der Waals surface area contributed by atoms with Gasteiger partial charge in [0.2, 0.25) is 15.9 Å². The number of piperidine rings is 1. The largest absolute Gasteiger partial charge is 0.355 e. The van der Waals surface area contributed by atoms with Gasteiger partial charge in [0.15, 0.2) is 10.7 Å². The fourth-order valence-corrected chi connectivity index (χ4v) is 6.60. The summed E-state index contributed by atoms with van der Waals surface area (Å²) in [6, 6.07) is 8.62. The summed E-state index contributed by atoms with van der Waals surface area (Å²) in [6.45, 7) is 9.59. The molecule has 1 atom stereocenters. The molecule has 0 unspecified atom stereocenters. The maximum absolute atomic E-state index is 13.9. The van der Waals surface area contributed by atoms with E-state index in [0.717, 1.165) is 22.3 Å². The molecule has 1 aromatic heterocycles. The predicted molar refractivity (Wildman–Crippen MR) is 142 cm³/mol. The monoisotopic (exact) mass is 525 g/mol. The maximum Gasteiger partial charge on any atom is 0.248 e. The lowest BCUT2D eigenvalue weighted by Crippen LogP contribution is -2.43. The van der Waals surface area contributed by atoms with Crippen molar-refractivity contribution in [3.8, 4) is 0 Å². The second-order valence-electron chi connectivity index (χ2n) is 9.76. The van der Waals surface area contributed by atoms with Crippen molar-refractivity contribution in [2.24, 2.45) is 5.92 Å². The van der Waals surface area contributed by atoms with Gasteiger partial charge in [0, 0.05) is 18.8 Å². The molecule has 0 aliphatic carbocycles.